The molecular weight excluding hydrogens is 450 g/mol. The molecule has 2 amide bonds. The number of sulfonamides is 1. The lowest BCUT2D eigenvalue weighted by Crippen LogP contribution is -2.44. The van der Waals surface area contributed by atoms with Crippen LogP contribution in [0.1, 0.15) is 37.3 Å². The highest BCUT2D eigenvalue weighted by molar-refractivity contribution is 7.89. The number of carbonyl (C=O) groups is 2. The van der Waals surface area contributed by atoms with E-state index in [1.807, 2.05) is 13.0 Å². The van der Waals surface area contributed by atoms with Crippen LogP contribution in [0.15, 0.2) is 41.3 Å². The molecule has 1 fully saturated rings. The van der Waals surface area contributed by atoms with E-state index in [-0.39, 0.29) is 23.1 Å². The van der Waals surface area contributed by atoms with Crippen LogP contribution in [0.25, 0.3) is 0 Å². The number of nitrogens with one attached hydrogen (secondary N) is 1. The van der Waals surface area contributed by atoms with Crippen LogP contribution in [0.2, 0.25) is 5.02 Å². The van der Waals surface area contributed by atoms with Gasteiger partial charge >= 0.3 is 0 Å². The van der Waals surface area contributed by atoms with Crippen LogP contribution >= 0.6 is 11.6 Å². The monoisotopic (exact) mass is 475 g/mol. The molecule has 9 heteroatoms. The third kappa shape index (κ3) is 4.27. The number of hydrogen-bond donors (Lipinski definition) is 1. The van der Waals surface area contributed by atoms with E-state index >= 15 is 0 Å². The molecule has 1 atom stereocenters. The van der Waals surface area contributed by atoms with E-state index in [1.54, 1.807) is 24.3 Å². The number of nitrogens with zero attached hydrogens (tertiary/aromatic N) is 2. The van der Waals surface area contributed by atoms with Crippen LogP contribution in [0, 0.1) is 6.92 Å². The Balaban J connectivity index is 1.61. The molecule has 7 nitrogen and oxygen atoms in total. The van der Waals surface area contributed by atoms with E-state index in [9.17, 15) is 18.0 Å². The van der Waals surface area contributed by atoms with Crippen LogP contribution in [-0.4, -0.2) is 43.7 Å². The van der Waals surface area contributed by atoms with Crippen molar-refractivity contribution < 1.29 is 18.0 Å². The first-order valence-electron chi connectivity index (χ1n) is 10.7. The number of fused-ring (bicyclic) bond motifs is 1. The van der Waals surface area contributed by atoms with Crippen molar-refractivity contribution in [2.75, 3.05) is 23.3 Å². The predicted octanol–water partition coefficient (Wildman–Crippen LogP) is 3.74. The van der Waals surface area contributed by atoms with Crippen LogP contribution < -0.4 is 10.2 Å². The van der Waals surface area contributed by atoms with Crippen molar-refractivity contribution in [3.8, 4) is 0 Å². The number of benzene rings is 2. The summed E-state index contributed by atoms with van der Waals surface area (Å²) in [6.45, 7) is 4.33. The van der Waals surface area contributed by atoms with Gasteiger partial charge in [-0.15, -0.1) is 0 Å². The van der Waals surface area contributed by atoms with E-state index < -0.39 is 16.1 Å². The summed E-state index contributed by atoms with van der Waals surface area (Å²) in [6.07, 6.45) is 2.97. The first-order chi connectivity index (χ1) is 15.2. The molecule has 32 heavy (non-hydrogen) atoms. The first kappa shape index (κ1) is 22.8. The van der Waals surface area contributed by atoms with Crippen molar-refractivity contribution in [3.63, 3.8) is 0 Å². The number of hydrogen-bond acceptors (Lipinski definition) is 4. The van der Waals surface area contributed by atoms with Crippen molar-refractivity contribution >= 4 is 44.8 Å². The van der Waals surface area contributed by atoms with Gasteiger partial charge in [0.05, 0.1) is 15.6 Å². The number of carbonyl (C=O) groups excluding carboxylic acids is 2. The van der Waals surface area contributed by atoms with Gasteiger partial charge in [0.25, 0.3) is 0 Å². The Labute approximate surface area is 193 Å². The van der Waals surface area contributed by atoms with Crippen LogP contribution in [0.3, 0.4) is 0 Å². The van der Waals surface area contributed by atoms with Gasteiger partial charge in [-0.25, -0.2) is 8.42 Å². The molecule has 2 aromatic carbocycles. The summed E-state index contributed by atoms with van der Waals surface area (Å²) in [5.74, 6) is -0.659. The summed E-state index contributed by atoms with van der Waals surface area (Å²) < 4.78 is 27.7. The summed E-state index contributed by atoms with van der Waals surface area (Å²) in [5, 5.41) is 3.22. The second-order valence-corrected chi connectivity index (χ2v) is 10.7. The van der Waals surface area contributed by atoms with Gasteiger partial charge < -0.3 is 5.32 Å². The zero-order valence-corrected chi connectivity index (χ0v) is 19.7. The molecule has 2 aliphatic rings. The van der Waals surface area contributed by atoms with Gasteiger partial charge in [-0.1, -0.05) is 24.1 Å². The summed E-state index contributed by atoms with van der Waals surface area (Å²) >= 11 is 6.25. The van der Waals surface area contributed by atoms with Gasteiger partial charge in [0, 0.05) is 32.1 Å². The molecule has 0 spiro atoms. The zero-order chi connectivity index (χ0) is 23.0. The zero-order valence-electron chi connectivity index (χ0n) is 18.1. The number of anilines is 2. The minimum atomic E-state index is -3.61. The average molecular weight is 476 g/mol. The van der Waals surface area contributed by atoms with Crippen molar-refractivity contribution in [1.29, 1.82) is 0 Å². The fourth-order valence-corrected chi connectivity index (χ4v) is 6.23. The van der Waals surface area contributed by atoms with Gasteiger partial charge in [0.1, 0.15) is 6.04 Å². The fourth-order valence-electron chi connectivity index (χ4n) is 4.38. The molecule has 2 aliphatic heterocycles. The average Bonchev–Trinajstić information content (AvgIpc) is 3.15. The molecule has 4 rings (SSSR count). The standard InChI is InChI=1S/C23H26ClN3O4S/c1-15-6-8-20(19(24)12-15)25-23(29)22-14-17-13-18(7-9-21(17)27(22)16(2)28)32(30,31)26-10-4-3-5-11-26/h6-9,12-13,22H,3-5,10-11,14H2,1-2H3,(H,25,29)/t22-/m1/s1. The van der Waals surface area contributed by atoms with Crippen molar-refractivity contribution in [1.82, 2.24) is 4.31 Å². The lowest BCUT2D eigenvalue weighted by molar-refractivity contribution is -0.122. The lowest BCUT2D eigenvalue weighted by atomic mass is 10.1. The first-order valence-corrected chi connectivity index (χ1v) is 12.5. The van der Waals surface area contributed by atoms with Crippen LogP contribution in [0.5, 0.6) is 0 Å². The van der Waals surface area contributed by atoms with E-state index in [1.165, 1.54) is 22.2 Å². The van der Waals surface area contributed by atoms with Crippen LogP contribution in [-0.2, 0) is 26.0 Å². The highest BCUT2D eigenvalue weighted by atomic mass is 35.5. The maximum Gasteiger partial charge on any atom is 0.247 e. The Morgan fingerprint density at radius 1 is 1.06 bits per heavy atom. The molecule has 0 radical (unpaired) electrons. The molecule has 0 bridgehead atoms. The highest BCUT2D eigenvalue weighted by Gasteiger charge is 2.38. The second-order valence-electron chi connectivity index (χ2n) is 8.34. The molecule has 170 valence electrons. The van der Waals surface area contributed by atoms with Gasteiger partial charge in [-0.05, 0) is 61.2 Å². The Hall–Kier alpha value is -2.42. The molecule has 2 heterocycles. The Bertz CT molecular complexity index is 1180. The maximum atomic E-state index is 13.1. The van der Waals surface area contributed by atoms with Crippen molar-refractivity contribution in [2.24, 2.45) is 0 Å². The molecule has 1 N–H and O–H groups in total. The lowest BCUT2D eigenvalue weighted by Gasteiger charge is -2.26. The normalized spacial score (nSPS) is 19.0. The van der Waals surface area contributed by atoms with Gasteiger partial charge in [0.15, 0.2) is 0 Å². The molecule has 2 aromatic rings. The topological polar surface area (TPSA) is 86.8 Å². The van der Waals surface area contributed by atoms with Gasteiger partial charge in [-0.3, -0.25) is 14.5 Å². The van der Waals surface area contributed by atoms with E-state index in [0.29, 0.717) is 35.1 Å². The van der Waals surface area contributed by atoms with Crippen LogP contribution in [0.4, 0.5) is 11.4 Å². The maximum absolute atomic E-state index is 13.1. The molecule has 0 aliphatic carbocycles. The van der Waals surface area contributed by atoms with E-state index in [0.717, 1.165) is 24.8 Å². The van der Waals surface area contributed by atoms with E-state index in [2.05, 4.69) is 5.32 Å². The summed E-state index contributed by atoms with van der Waals surface area (Å²) in [5.41, 5.74) is 2.66. The Kier molecular flexibility index (Phi) is 6.29. The van der Waals surface area contributed by atoms with Crippen molar-refractivity contribution in [3.05, 3.63) is 52.5 Å². The highest BCUT2D eigenvalue weighted by Crippen LogP contribution is 2.36. The fraction of sp³-hybridized carbons (Fsp3) is 0.391. The van der Waals surface area contributed by atoms with Gasteiger partial charge in [-0.2, -0.15) is 4.31 Å². The molecule has 0 saturated carbocycles. The SMILES string of the molecule is CC(=O)N1c2ccc(S(=O)(=O)N3CCCCC3)cc2C[C@@H]1C(=O)Nc1ccc(C)cc1Cl. The predicted molar refractivity (Wildman–Crippen MR) is 125 cm³/mol. The minimum Gasteiger partial charge on any atom is -0.323 e. The quantitative estimate of drug-likeness (QED) is 0.729. The third-order valence-corrected chi connectivity index (χ3v) is 8.22. The summed E-state index contributed by atoms with van der Waals surface area (Å²) in [4.78, 5) is 27.1. The van der Waals surface area contributed by atoms with Gasteiger partial charge in [0.2, 0.25) is 21.8 Å². The summed E-state index contributed by atoms with van der Waals surface area (Å²) in [7, 11) is -3.61. The Morgan fingerprint density at radius 2 is 1.78 bits per heavy atom. The largest absolute Gasteiger partial charge is 0.323 e. The number of piperidine rings is 1. The summed E-state index contributed by atoms with van der Waals surface area (Å²) in [6, 6.07) is 9.27. The molecular formula is C23H26ClN3O4S. The van der Waals surface area contributed by atoms with Crippen molar-refractivity contribution in [2.45, 2.75) is 50.5 Å². The smallest absolute Gasteiger partial charge is 0.247 e. The third-order valence-electron chi connectivity index (χ3n) is 6.01. The second kappa shape index (κ2) is 8.84. The number of aryl methyl sites for hydroxylation is 1. The molecule has 1 saturated heterocycles. The molecule has 0 aromatic heterocycles. The minimum absolute atomic E-state index is 0.198. The molecule has 0 unspecified atom stereocenters. The Morgan fingerprint density at radius 3 is 2.44 bits per heavy atom. The number of halogens is 1. The van der Waals surface area contributed by atoms with E-state index in [4.69, 9.17) is 11.6 Å². The number of rotatable bonds is 4. The number of amides is 2.